The molecule has 1 aliphatic rings. The van der Waals surface area contributed by atoms with Crippen LogP contribution in [0.5, 0.6) is 0 Å². The van der Waals surface area contributed by atoms with E-state index in [0.717, 1.165) is 6.07 Å². The molecule has 1 aromatic carbocycles. The highest BCUT2D eigenvalue weighted by molar-refractivity contribution is 7.89. The van der Waals surface area contributed by atoms with E-state index in [9.17, 15) is 12.8 Å². The normalized spacial score (nSPS) is 19.4. The van der Waals surface area contributed by atoms with Crippen molar-refractivity contribution < 1.29 is 17.3 Å². The Morgan fingerprint density at radius 2 is 2.09 bits per heavy atom. The SMILES string of the molecule is Cc1cc(C2CCCN2S(=O)(=O)c2cc(C)c(F)cc2Cl)no1. The Bertz CT molecular complexity index is 850. The van der Waals surface area contributed by atoms with Crippen LogP contribution in [0.3, 0.4) is 0 Å². The first kappa shape index (κ1) is 16.4. The molecule has 0 spiro atoms. The minimum atomic E-state index is -3.84. The number of aryl methyl sites for hydroxylation is 2. The highest BCUT2D eigenvalue weighted by atomic mass is 35.5. The van der Waals surface area contributed by atoms with Gasteiger partial charge < -0.3 is 4.52 Å². The van der Waals surface area contributed by atoms with Gasteiger partial charge in [0.05, 0.1) is 11.1 Å². The number of halogens is 2. The molecule has 0 radical (unpaired) electrons. The van der Waals surface area contributed by atoms with Gasteiger partial charge in [-0.1, -0.05) is 16.8 Å². The van der Waals surface area contributed by atoms with E-state index in [-0.39, 0.29) is 21.5 Å². The molecule has 23 heavy (non-hydrogen) atoms. The Labute approximate surface area is 139 Å². The summed E-state index contributed by atoms with van der Waals surface area (Å²) in [6.07, 6.45) is 1.37. The third kappa shape index (κ3) is 2.88. The van der Waals surface area contributed by atoms with Gasteiger partial charge in [-0.15, -0.1) is 0 Å². The highest BCUT2D eigenvalue weighted by Gasteiger charge is 2.38. The number of aromatic nitrogens is 1. The van der Waals surface area contributed by atoms with E-state index in [0.29, 0.717) is 30.8 Å². The predicted octanol–water partition coefficient (Wildman–Crippen LogP) is 3.61. The molecule has 1 aromatic heterocycles. The molecule has 1 fully saturated rings. The zero-order valence-electron chi connectivity index (χ0n) is 12.7. The summed E-state index contributed by atoms with van der Waals surface area (Å²) in [6, 6.07) is 3.65. The van der Waals surface area contributed by atoms with E-state index in [2.05, 4.69) is 5.16 Å². The first-order chi connectivity index (χ1) is 10.8. The van der Waals surface area contributed by atoms with E-state index < -0.39 is 15.8 Å². The summed E-state index contributed by atoms with van der Waals surface area (Å²) in [5, 5.41) is 3.82. The van der Waals surface area contributed by atoms with Crippen LogP contribution in [0.25, 0.3) is 0 Å². The maximum Gasteiger partial charge on any atom is 0.245 e. The monoisotopic (exact) mass is 358 g/mol. The number of sulfonamides is 1. The largest absolute Gasteiger partial charge is 0.361 e. The van der Waals surface area contributed by atoms with Crippen LogP contribution >= 0.6 is 11.6 Å². The Morgan fingerprint density at radius 1 is 1.35 bits per heavy atom. The molecule has 0 saturated carbocycles. The van der Waals surface area contributed by atoms with Crippen molar-refractivity contribution in [2.24, 2.45) is 0 Å². The second-order valence-electron chi connectivity index (χ2n) is 5.67. The van der Waals surface area contributed by atoms with Gasteiger partial charge in [0.1, 0.15) is 22.2 Å². The van der Waals surface area contributed by atoms with Crippen molar-refractivity contribution in [1.82, 2.24) is 9.46 Å². The second kappa shape index (κ2) is 5.89. The minimum Gasteiger partial charge on any atom is -0.361 e. The molecular weight excluding hydrogens is 343 g/mol. The first-order valence-electron chi connectivity index (χ1n) is 7.21. The summed E-state index contributed by atoms with van der Waals surface area (Å²) in [7, 11) is -3.84. The van der Waals surface area contributed by atoms with Crippen molar-refractivity contribution in [2.75, 3.05) is 6.54 Å². The van der Waals surface area contributed by atoms with Crippen LogP contribution in [0.1, 0.15) is 35.9 Å². The van der Waals surface area contributed by atoms with Gasteiger partial charge in [-0.05, 0) is 44.4 Å². The average molecular weight is 359 g/mol. The van der Waals surface area contributed by atoms with Crippen LogP contribution in [0.15, 0.2) is 27.6 Å². The standard InChI is InChI=1S/C15H16ClFN2O3S/c1-9-6-15(11(16)8-12(9)17)23(20,21)19-5-3-4-14(19)13-7-10(2)22-18-13/h6-8,14H,3-5H2,1-2H3. The molecular formula is C15H16ClFN2O3S. The highest BCUT2D eigenvalue weighted by Crippen LogP contribution is 2.38. The topological polar surface area (TPSA) is 63.4 Å². The molecule has 2 heterocycles. The van der Waals surface area contributed by atoms with Gasteiger partial charge in [0, 0.05) is 12.6 Å². The lowest BCUT2D eigenvalue weighted by molar-refractivity contribution is 0.349. The summed E-state index contributed by atoms with van der Waals surface area (Å²) < 4.78 is 45.9. The van der Waals surface area contributed by atoms with Crippen molar-refractivity contribution >= 4 is 21.6 Å². The Morgan fingerprint density at radius 3 is 2.74 bits per heavy atom. The molecule has 1 atom stereocenters. The van der Waals surface area contributed by atoms with Crippen molar-refractivity contribution in [1.29, 1.82) is 0 Å². The summed E-state index contributed by atoms with van der Waals surface area (Å²) in [6.45, 7) is 3.63. The summed E-state index contributed by atoms with van der Waals surface area (Å²) in [5.41, 5.74) is 0.819. The van der Waals surface area contributed by atoms with E-state index in [1.165, 1.54) is 17.3 Å². The third-order valence-corrected chi connectivity index (χ3v) is 6.36. The Hall–Kier alpha value is -1.44. The molecule has 0 N–H and O–H groups in total. The van der Waals surface area contributed by atoms with E-state index in [1.807, 2.05) is 0 Å². The molecule has 1 unspecified atom stereocenters. The second-order valence-corrected chi connectivity index (χ2v) is 7.93. The number of nitrogens with zero attached hydrogens (tertiary/aromatic N) is 2. The molecule has 1 aliphatic heterocycles. The summed E-state index contributed by atoms with van der Waals surface area (Å²) >= 11 is 5.98. The average Bonchev–Trinajstić information content (AvgIpc) is 3.11. The fourth-order valence-corrected chi connectivity index (χ4v) is 5.07. The van der Waals surface area contributed by atoms with Gasteiger partial charge in [0.2, 0.25) is 10.0 Å². The smallest absolute Gasteiger partial charge is 0.245 e. The quantitative estimate of drug-likeness (QED) is 0.840. The summed E-state index contributed by atoms with van der Waals surface area (Å²) in [4.78, 5) is -0.0785. The zero-order chi connectivity index (χ0) is 16.8. The predicted molar refractivity (Wildman–Crippen MR) is 83.3 cm³/mol. The van der Waals surface area contributed by atoms with Gasteiger partial charge in [0.25, 0.3) is 0 Å². The maximum absolute atomic E-state index is 13.6. The number of hydrogen-bond donors (Lipinski definition) is 0. The molecule has 1 saturated heterocycles. The van der Waals surface area contributed by atoms with E-state index in [1.54, 1.807) is 13.0 Å². The molecule has 0 amide bonds. The number of rotatable bonds is 3. The van der Waals surface area contributed by atoms with Crippen LogP contribution in [-0.4, -0.2) is 24.4 Å². The van der Waals surface area contributed by atoms with Gasteiger partial charge >= 0.3 is 0 Å². The molecule has 124 valence electrons. The van der Waals surface area contributed by atoms with Gasteiger partial charge in [-0.3, -0.25) is 0 Å². The fraction of sp³-hybridized carbons (Fsp3) is 0.400. The first-order valence-corrected chi connectivity index (χ1v) is 9.03. The molecule has 2 aromatic rings. The fourth-order valence-electron chi connectivity index (χ4n) is 2.82. The molecule has 0 aliphatic carbocycles. The molecule has 8 heteroatoms. The minimum absolute atomic E-state index is 0.0785. The van der Waals surface area contributed by atoms with Crippen LogP contribution < -0.4 is 0 Å². The molecule has 5 nitrogen and oxygen atoms in total. The van der Waals surface area contributed by atoms with E-state index >= 15 is 0 Å². The Kier molecular flexibility index (Phi) is 4.20. The molecule has 3 rings (SSSR count). The van der Waals surface area contributed by atoms with Crippen molar-refractivity contribution in [3.05, 3.63) is 46.1 Å². The van der Waals surface area contributed by atoms with Crippen molar-refractivity contribution in [3.63, 3.8) is 0 Å². The Balaban J connectivity index is 2.03. The number of benzene rings is 1. The van der Waals surface area contributed by atoms with Gasteiger partial charge in [-0.2, -0.15) is 4.31 Å². The lowest BCUT2D eigenvalue weighted by Crippen LogP contribution is -2.31. The lowest BCUT2D eigenvalue weighted by Gasteiger charge is -2.23. The molecule has 0 bridgehead atoms. The van der Waals surface area contributed by atoms with E-state index in [4.69, 9.17) is 16.1 Å². The van der Waals surface area contributed by atoms with Crippen LogP contribution in [0, 0.1) is 19.7 Å². The van der Waals surface area contributed by atoms with Crippen molar-refractivity contribution in [3.8, 4) is 0 Å². The van der Waals surface area contributed by atoms with Crippen LogP contribution in [0.2, 0.25) is 5.02 Å². The summed E-state index contributed by atoms with van der Waals surface area (Å²) in [5.74, 6) is 0.0963. The maximum atomic E-state index is 13.6. The number of hydrogen-bond acceptors (Lipinski definition) is 4. The van der Waals surface area contributed by atoms with Gasteiger partial charge in [-0.25, -0.2) is 12.8 Å². The van der Waals surface area contributed by atoms with Crippen LogP contribution in [-0.2, 0) is 10.0 Å². The van der Waals surface area contributed by atoms with Crippen molar-refractivity contribution in [2.45, 2.75) is 37.6 Å². The van der Waals surface area contributed by atoms with Gasteiger partial charge in [0.15, 0.2) is 0 Å². The lowest BCUT2D eigenvalue weighted by atomic mass is 10.1. The zero-order valence-corrected chi connectivity index (χ0v) is 14.3. The van der Waals surface area contributed by atoms with Crippen LogP contribution in [0.4, 0.5) is 4.39 Å². The third-order valence-electron chi connectivity index (χ3n) is 3.99.